The van der Waals surface area contributed by atoms with Crippen LogP contribution in [0.3, 0.4) is 0 Å². The lowest BCUT2D eigenvalue weighted by Crippen LogP contribution is -2.30. The lowest BCUT2D eigenvalue weighted by Gasteiger charge is -2.18. The van der Waals surface area contributed by atoms with E-state index < -0.39 is 15.6 Å². The molecule has 0 fully saturated rings. The second-order valence-electron chi connectivity index (χ2n) is 6.88. The number of pyridine rings is 1. The van der Waals surface area contributed by atoms with Gasteiger partial charge in [-0.15, -0.1) is 5.11 Å². The average Bonchev–Trinajstić information content (AvgIpc) is 2.75. The Labute approximate surface area is 182 Å². The summed E-state index contributed by atoms with van der Waals surface area (Å²) in [6.45, 7) is 8.02. The largest absolute Gasteiger partial charge is 0.493 e. The molecule has 10 heteroatoms. The fourth-order valence-corrected chi connectivity index (χ4v) is 4.54. The van der Waals surface area contributed by atoms with Crippen LogP contribution in [0.5, 0.6) is 5.88 Å². The third kappa shape index (κ3) is 5.00. The zero-order valence-electron chi connectivity index (χ0n) is 18.2. The number of sulfonamides is 1. The molecule has 0 saturated heterocycles. The van der Waals surface area contributed by atoms with Gasteiger partial charge in [-0.25, -0.2) is 8.42 Å². The van der Waals surface area contributed by atoms with Gasteiger partial charge in [0.2, 0.25) is 15.9 Å². The molecule has 0 aliphatic carbocycles. The number of unbranched alkanes of at least 4 members (excludes halogenated alkanes) is 1. The third-order valence-corrected chi connectivity index (χ3v) is 7.01. The number of azo groups is 1. The highest BCUT2D eigenvalue weighted by atomic mass is 32.2. The molecular weight excluding hydrogens is 418 g/mol. The minimum Gasteiger partial charge on any atom is -0.493 e. The summed E-state index contributed by atoms with van der Waals surface area (Å²) in [6, 6.07) is 7.77. The number of benzene rings is 1. The first kappa shape index (κ1) is 24.2. The predicted octanol–water partition coefficient (Wildman–Crippen LogP) is 3.98. The van der Waals surface area contributed by atoms with Gasteiger partial charge in [0.05, 0.1) is 10.6 Å². The fraction of sp³-hybridized carbons (Fsp3) is 0.429. The third-order valence-electron chi connectivity index (χ3n) is 4.95. The molecule has 0 aliphatic heterocycles. The van der Waals surface area contributed by atoms with E-state index in [1.807, 2.05) is 13.0 Å². The standard InChI is InChI=1S/C21H27N5O4S/c1-5-8-13-26-20(27)18(14-22)15(4)19(21(26)28)24-23-16-9-11-17(12-10-16)31(29,30)25(6-2)7-3/h9-12,28H,5-8,13H2,1-4H3/b24-23+. The number of hydrogen-bond donors (Lipinski definition) is 1. The molecule has 0 aliphatic rings. The Bertz CT molecular complexity index is 1160. The zero-order valence-corrected chi connectivity index (χ0v) is 19.0. The van der Waals surface area contributed by atoms with Crippen LogP contribution in [0.4, 0.5) is 11.4 Å². The molecule has 2 aromatic rings. The molecule has 0 unspecified atom stereocenters. The van der Waals surface area contributed by atoms with E-state index in [4.69, 9.17) is 0 Å². The Balaban J connectivity index is 2.44. The maximum Gasteiger partial charge on any atom is 0.271 e. The molecule has 1 N–H and O–H groups in total. The summed E-state index contributed by atoms with van der Waals surface area (Å²) in [7, 11) is -3.58. The van der Waals surface area contributed by atoms with E-state index in [9.17, 15) is 23.6 Å². The van der Waals surface area contributed by atoms with E-state index in [1.165, 1.54) is 35.5 Å². The van der Waals surface area contributed by atoms with E-state index in [0.717, 1.165) is 11.0 Å². The van der Waals surface area contributed by atoms with Gasteiger partial charge in [0.15, 0.2) is 5.69 Å². The first-order valence-electron chi connectivity index (χ1n) is 10.1. The fourth-order valence-electron chi connectivity index (χ4n) is 3.09. The maximum atomic E-state index is 12.6. The molecule has 0 atom stereocenters. The van der Waals surface area contributed by atoms with Crippen LogP contribution in [0.2, 0.25) is 0 Å². The lowest BCUT2D eigenvalue weighted by atomic mass is 10.1. The summed E-state index contributed by atoms with van der Waals surface area (Å²) >= 11 is 0. The Morgan fingerprint density at radius 1 is 1.13 bits per heavy atom. The van der Waals surface area contributed by atoms with E-state index in [1.54, 1.807) is 13.8 Å². The molecule has 2 rings (SSSR count). The molecule has 1 aromatic carbocycles. The first-order chi connectivity index (χ1) is 14.7. The van der Waals surface area contributed by atoms with Crippen LogP contribution < -0.4 is 5.56 Å². The number of aromatic nitrogens is 1. The molecule has 31 heavy (non-hydrogen) atoms. The average molecular weight is 446 g/mol. The lowest BCUT2D eigenvalue weighted by molar-refractivity contribution is 0.402. The second-order valence-corrected chi connectivity index (χ2v) is 8.82. The van der Waals surface area contributed by atoms with Crippen molar-refractivity contribution in [2.45, 2.75) is 52.0 Å². The highest BCUT2D eigenvalue weighted by Gasteiger charge is 2.21. The molecule has 0 bridgehead atoms. The Morgan fingerprint density at radius 3 is 2.26 bits per heavy atom. The van der Waals surface area contributed by atoms with Crippen molar-refractivity contribution in [1.82, 2.24) is 8.87 Å². The van der Waals surface area contributed by atoms with Crippen molar-refractivity contribution >= 4 is 21.4 Å². The molecule has 9 nitrogen and oxygen atoms in total. The molecule has 1 heterocycles. The van der Waals surface area contributed by atoms with E-state index in [2.05, 4.69) is 10.2 Å². The first-order valence-corrected chi connectivity index (χ1v) is 11.5. The summed E-state index contributed by atoms with van der Waals surface area (Å²) < 4.78 is 27.6. The number of rotatable bonds is 9. The minimum absolute atomic E-state index is 0.0343. The summed E-state index contributed by atoms with van der Waals surface area (Å²) in [4.78, 5) is 12.6. The van der Waals surface area contributed by atoms with Gasteiger partial charge in [0.1, 0.15) is 11.6 Å². The van der Waals surface area contributed by atoms with E-state index >= 15 is 0 Å². The maximum absolute atomic E-state index is 12.6. The van der Waals surface area contributed by atoms with Gasteiger partial charge in [0, 0.05) is 25.2 Å². The van der Waals surface area contributed by atoms with Crippen molar-refractivity contribution in [3.05, 3.63) is 45.7 Å². The van der Waals surface area contributed by atoms with E-state index in [0.29, 0.717) is 25.2 Å². The topological polar surface area (TPSA) is 128 Å². The molecular formula is C21H27N5O4S. The summed E-state index contributed by atoms with van der Waals surface area (Å²) in [5, 5.41) is 28.0. The molecule has 0 saturated carbocycles. The number of hydrogen-bond acceptors (Lipinski definition) is 7. The van der Waals surface area contributed by atoms with Gasteiger partial charge < -0.3 is 5.11 Å². The number of nitriles is 1. The smallest absolute Gasteiger partial charge is 0.271 e. The van der Waals surface area contributed by atoms with Crippen LogP contribution in [-0.2, 0) is 16.6 Å². The summed E-state index contributed by atoms with van der Waals surface area (Å²) in [5.41, 5.74) is -0.0178. The summed E-state index contributed by atoms with van der Waals surface area (Å²) in [5.74, 6) is -0.348. The van der Waals surface area contributed by atoms with Crippen LogP contribution in [-0.4, -0.2) is 35.5 Å². The normalized spacial score (nSPS) is 11.9. The highest BCUT2D eigenvalue weighted by Crippen LogP contribution is 2.32. The van der Waals surface area contributed by atoms with Gasteiger partial charge in [-0.05, 0) is 37.6 Å². The van der Waals surface area contributed by atoms with Crippen molar-refractivity contribution in [1.29, 1.82) is 5.26 Å². The van der Waals surface area contributed by atoms with Gasteiger partial charge in [-0.1, -0.05) is 27.2 Å². The molecule has 0 radical (unpaired) electrons. The highest BCUT2D eigenvalue weighted by molar-refractivity contribution is 7.89. The molecule has 0 amide bonds. The molecule has 1 aromatic heterocycles. The van der Waals surface area contributed by atoms with Crippen molar-refractivity contribution < 1.29 is 13.5 Å². The number of nitrogens with zero attached hydrogens (tertiary/aromatic N) is 5. The van der Waals surface area contributed by atoms with Gasteiger partial charge in [-0.3, -0.25) is 9.36 Å². The van der Waals surface area contributed by atoms with Gasteiger partial charge in [-0.2, -0.15) is 14.7 Å². The molecule has 0 spiro atoms. The second kappa shape index (κ2) is 10.3. The Morgan fingerprint density at radius 2 is 1.74 bits per heavy atom. The van der Waals surface area contributed by atoms with Crippen LogP contribution in [0.15, 0.2) is 44.2 Å². The van der Waals surface area contributed by atoms with Gasteiger partial charge in [0.25, 0.3) is 5.56 Å². The van der Waals surface area contributed by atoms with Crippen LogP contribution in [0.25, 0.3) is 0 Å². The van der Waals surface area contributed by atoms with Crippen molar-refractivity contribution in [3.63, 3.8) is 0 Å². The minimum atomic E-state index is -3.58. The van der Waals surface area contributed by atoms with Crippen molar-refractivity contribution in [3.8, 4) is 11.9 Å². The summed E-state index contributed by atoms with van der Waals surface area (Å²) in [6.07, 6.45) is 1.46. The van der Waals surface area contributed by atoms with Crippen LogP contribution in [0.1, 0.15) is 44.7 Å². The SMILES string of the molecule is CCCCn1c(O)c(/N=N/c2ccc(S(=O)(=O)N(CC)CC)cc2)c(C)c(C#N)c1=O. The monoisotopic (exact) mass is 445 g/mol. The predicted molar refractivity (Wildman–Crippen MR) is 117 cm³/mol. The van der Waals surface area contributed by atoms with Gasteiger partial charge >= 0.3 is 0 Å². The molecule has 166 valence electrons. The Hall–Kier alpha value is -3.03. The van der Waals surface area contributed by atoms with Crippen molar-refractivity contribution in [2.24, 2.45) is 10.2 Å². The van der Waals surface area contributed by atoms with E-state index in [-0.39, 0.29) is 34.1 Å². The Kier molecular flexibility index (Phi) is 8.08. The zero-order chi connectivity index (χ0) is 23.2. The quantitative estimate of drug-likeness (QED) is 0.584. The van der Waals surface area contributed by atoms with Crippen molar-refractivity contribution in [2.75, 3.05) is 13.1 Å². The number of aromatic hydroxyl groups is 1. The van der Waals surface area contributed by atoms with Crippen LogP contribution in [0, 0.1) is 18.3 Å². The van der Waals surface area contributed by atoms with Crippen LogP contribution >= 0.6 is 0 Å².